The first kappa shape index (κ1) is 14.2. The summed E-state index contributed by atoms with van der Waals surface area (Å²) in [5.41, 5.74) is 0.880. The predicted molar refractivity (Wildman–Crippen MR) is 77.4 cm³/mol. The summed E-state index contributed by atoms with van der Waals surface area (Å²) in [7, 11) is 0. The number of benzene rings is 2. The molecule has 5 heteroatoms. The van der Waals surface area contributed by atoms with Crippen molar-refractivity contribution in [3.63, 3.8) is 0 Å². The van der Waals surface area contributed by atoms with Gasteiger partial charge < -0.3 is 14.2 Å². The second-order valence-corrected chi connectivity index (χ2v) is 5.24. The van der Waals surface area contributed by atoms with E-state index >= 15 is 0 Å². The van der Waals surface area contributed by atoms with Crippen LogP contribution in [0.2, 0.25) is 5.02 Å². The van der Waals surface area contributed by atoms with Gasteiger partial charge in [-0.1, -0.05) is 23.7 Å². The Balaban J connectivity index is 1.62. The lowest BCUT2D eigenvalue weighted by atomic mass is 10.2. The van der Waals surface area contributed by atoms with Crippen LogP contribution in [0.1, 0.15) is 5.56 Å². The fourth-order valence-electron chi connectivity index (χ4n) is 1.80. The smallest absolute Gasteiger partial charge is 0.124 e. The van der Waals surface area contributed by atoms with E-state index in [0.29, 0.717) is 29.7 Å². The third kappa shape index (κ3) is 4.34. The van der Waals surface area contributed by atoms with Crippen LogP contribution in [0.4, 0.5) is 4.39 Å². The molecule has 1 aliphatic heterocycles. The Labute approximate surface area is 127 Å². The highest BCUT2D eigenvalue weighted by Crippen LogP contribution is 2.27. The lowest BCUT2D eigenvalue weighted by Gasteiger charge is -2.10. The number of hydrogen-bond donors (Lipinski definition) is 0. The standard InChI is InChI=1S/C16H14ClFO3/c17-12-5-14(7-15(6-12)20-9-16-10-21-16)19-8-11-1-3-13(18)4-2-11/h1-7,16H,8-10H2/t16-/m0/s1. The molecule has 0 aromatic heterocycles. The molecule has 0 bridgehead atoms. The zero-order chi connectivity index (χ0) is 14.7. The summed E-state index contributed by atoms with van der Waals surface area (Å²) in [6.45, 7) is 1.60. The van der Waals surface area contributed by atoms with Crippen LogP contribution in [0.5, 0.6) is 11.5 Å². The fraction of sp³-hybridized carbons (Fsp3) is 0.250. The van der Waals surface area contributed by atoms with Gasteiger partial charge in [0.15, 0.2) is 0 Å². The monoisotopic (exact) mass is 308 g/mol. The fourth-order valence-corrected chi connectivity index (χ4v) is 2.02. The molecule has 0 aliphatic carbocycles. The third-order valence-corrected chi connectivity index (χ3v) is 3.22. The summed E-state index contributed by atoms with van der Waals surface area (Å²) in [5, 5.41) is 0.540. The highest BCUT2D eigenvalue weighted by Gasteiger charge is 2.23. The topological polar surface area (TPSA) is 31.0 Å². The Bertz CT molecular complexity index is 611. The Morgan fingerprint density at radius 1 is 1.10 bits per heavy atom. The lowest BCUT2D eigenvalue weighted by Crippen LogP contribution is -2.04. The van der Waals surface area contributed by atoms with E-state index in [1.807, 2.05) is 0 Å². The Hall–Kier alpha value is -1.78. The molecule has 0 spiro atoms. The molecule has 0 N–H and O–H groups in total. The molecule has 2 aromatic rings. The van der Waals surface area contributed by atoms with Gasteiger partial charge in [0, 0.05) is 11.1 Å². The molecule has 3 rings (SSSR count). The van der Waals surface area contributed by atoms with E-state index in [-0.39, 0.29) is 11.9 Å². The predicted octanol–water partition coefficient (Wildman–Crippen LogP) is 3.84. The third-order valence-electron chi connectivity index (χ3n) is 3.00. The second-order valence-electron chi connectivity index (χ2n) is 4.80. The van der Waals surface area contributed by atoms with Gasteiger partial charge in [-0.25, -0.2) is 4.39 Å². The van der Waals surface area contributed by atoms with Crippen molar-refractivity contribution >= 4 is 11.6 Å². The van der Waals surface area contributed by atoms with Gasteiger partial charge in [0.2, 0.25) is 0 Å². The first-order valence-electron chi connectivity index (χ1n) is 6.61. The van der Waals surface area contributed by atoms with Crippen molar-refractivity contribution in [1.82, 2.24) is 0 Å². The van der Waals surface area contributed by atoms with E-state index in [1.54, 1.807) is 30.3 Å². The molecular weight excluding hydrogens is 295 g/mol. The zero-order valence-corrected chi connectivity index (χ0v) is 12.0. The lowest BCUT2D eigenvalue weighted by molar-refractivity contribution is 0.259. The van der Waals surface area contributed by atoms with Crippen molar-refractivity contribution in [2.75, 3.05) is 13.2 Å². The molecule has 1 heterocycles. The van der Waals surface area contributed by atoms with Crippen LogP contribution in [0.3, 0.4) is 0 Å². The quantitative estimate of drug-likeness (QED) is 0.760. The normalized spacial score (nSPS) is 16.6. The highest BCUT2D eigenvalue weighted by molar-refractivity contribution is 6.30. The average molecular weight is 309 g/mol. The van der Waals surface area contributed by atoms with E-state index in [9.17, 15) is 4.39 Å². The summed E-state index contributed by atoms with van der Waals surface area (Å²) < 4.78 is 29.1. The molecular formula is C16H14ClFO3. The van der Waals surface area contributed by atoms with Gasteiger partial charge in [0.25, 0.3) is 0 Å². The number of hydrogen-bond acceptors (Lipinski definition) is 3. The molecule has 1 fully saturated rings. The van der Waals surface area contributed by atoms with Crippen LogP contribution < -0.4 is 9.47 Å². The van der Waals surface area contributed by atoms with Crippen molar-refractivity contribution < 1.29 is 18.6 Å². The molecule has 1 saturated heterocycles. The van der Waals surface area contributed by atoms with Gasteiger partial charge in [0.1, 0.15) is 36.6 Å². The molecule has 2 aromatic carbocycles. The number of rotatable bonds is 6. The summed E-state index contributed by atoms with van der Waals surface area (Å²) >= 11 is 6.04. The molecule has 0 amide bonds. The minimum Gasteiger partial charge on any atom is -0.491 e. The van der Waals surface area contributed by atoms with Crippen molar-refractivity contribution in [3.8, 4) is 11.5 Å². The van der Waals surface area contributed by atoms with Crippen molar-refractivity contribution in [2.45, 2.75) is 12.7 Å². The number of epoxide rings is 1. The second kappa shape index (κ2) is 6.33. The van der Waals surface area contributed by atoms with Crippen LogP contribution in [-0.4, -0.2) is 19.3 Å². The minimum absolute atomic E-state index is 0.188. The van der Waals surface area contributed by atoms with Gasteiger partial charge in [-0.2, -0.15) is 0 Å². The number of ether oxygens (including phenoxy) is 3. The van der Waals surface area contributed by atoms with E-state index in [0.717, 1.165) is 12.2 Å². The summed E-state index contributed by atoms with van der Waals surface area (Å²) in [4.78, 5) is 0. The maximum atomic E-state index is 12.8. The summed E-state index contributed by atoms with van der Waals surface area (Å²) in [6, 6.07) is 11.4. The van der Waals surface area contributed by atoms with Crippen LogP contribution in [0.15, 0.2) is 42.5 Å². The van der Waals surface area contributed by atoms with Crippen LogP contribution in [0, 0.1) is 5.82 Å². The van der Waals surface area contributed by atoms with Gasteiger partial charge >= 0.3 is 0 Å². The minimum atomic E-state index is -0.264. The van der Waals surface area contributed by atoms with E-state index in [1.165, 1.54) is 12.1 Å². The maximum absolute atomic E-state index is 12.8. The van der Waals surface area contributed by atoms with Crippen LogP contribution in [-0.2, 0) is 11.3 Å². The first-order valence-corrected chi connectivity index (χ1v) is 6.99. The molecule has 0 unspecified atom stereocenters. The van der Waals surface area contributed by atoms with Crippen LogP contribution >= 0.6 is 11.6 Å². The van der Waals surface area contributed by atoms with Gasteiger partial charge in [-0.15, -0.1) is 0 Å². The highest BCUT2D eigenvalue weighted by atomic mass is 35.5. The van der Waals surface area contributed by atoms with Crippen molar-refractivity contribution in [2.24, 2.45) is 0 Å². The molecule has 0 saturated carbocycles. The first-order chi connectivity index (χ1) is 10.2. The number of halogens is 2. The van der Waals surface area contributed by atoms with Gasteiger partial charge in [-0.05, 0) is 29.8 Å². The maximum Gasteiger partial charge on any atom is 0.124 e. The summed E-state index contributed by atoms with van der Waals surface area (Å²) in [5.74, 6) is 0.991. The molecule has 3 nitrogen and oxygen atoms in total. The van der Waals surface area contributed by atoms with E-state index in [4.69, 9.17) is 25.8 Å². The van der Waals surface area contributed by atoms with Gasteiger partial charge in [0.05, 0.1) is 6.61 Å². The summed E-state index contributed by atoms with van der Waals surface area (Å²) in [6.07, 6.45) is 0.188. The van der Waals surface area contributed by atoms with Crippen molar-refractivity contribution in [1.29, 1.82) is 0 Å². The average Bonchev–Trinajstić information content (AvgIpc) is 3.28. The van der Waals surface area contributed by atoms with E-state index in [2.05, 4.69) is 0 Å². The molecule has 110 valence electrons. The zero-order valence-electron chi connectivity index (χ0n) is 11.2. The van der Waals surface area contributed by atoms with Crippen LogP contribution in [0.25, 0.3) is 0 Å². The molecule has 21 heavy (non-hydrogen) atoms. The van der Waals surface area contributed by atoms with E-state index < -0.39 is 0 Å². The molecule has 0 radical (unpaired) electrons. The Morgan fingerprint density at radius 2 is 1.76 bits per heavy atom. The Kier molecular flexibility index (Phi) is 4.27. The SMILES string of the molecule is Fc1ccc(COc2cc(Cl)cc(OC[C@H]3CO3)c2)cc1. The largest absolute Gasteiger partial charge is 0.491 e. The van der Waals surface area contributed by atoms with Crippen molar-refractivity contribution in [3.05, 3.63) is 58.9 Å². The Morgan fingerprint density at radius 3 is 2.43 bits per heavy atom. The molecule has 1 atom stereocenters. The van der Waals surface area contributed by atoms with Gasteiger partial charge in [-0.3, -0.25) is 0 Å². The molecule has 1 aliphatic rings.